The molecule has 1 aliphatic heterocycles. The van der Waals surface area contributed by atoms with E-state index in [1.54, 1.807) is 0 Å². The summed E-state index contributed by atoms with van der Waals surface area (Å²) in [5, 5.41) is 2.58. The topological polar surface area (TPSA) is 64.6 Å². The Bertz CT molecular complexity index is 515. The number of ether oxygens (including phenoxy) is 2. The summed E-state index contributed by atoms with van der Waals surface area (Å²) in [6.07, 6.45) is 3.14. The first-order valence-corrected chi connectivity index (χ1v) is 8.25. The van der Waals surface area contributed by atoms with Gasteiger partial charge in [0.1, 0.15) is 6.10 Å². The molecule has 1 fully saturated rings. The lowest BCUT2D eigenvalue weighted by Gasteiger charge is -2.37. The van der Waals surface area contributed by atoms with Crippen LogP contribution < -0.4 is 5.32 Å². The molecule has 0 aromatic heterocycles. The number of cyclic esters (lactones) is 1. The quantitative estimate of drug-likeness (QED) is 0.591. The van der Waals surface area contributed by atoms with Crippen LogP contribution in [0.1, 0.15) is 38.7 Å². The SMILES string of the molecule is CC(C)C1OC(=O)C1NC(=O)OCCCCCc1ccccc1. The smallest absolute Gasteiger partial charge is 0.407 e. The van der Waals surface area contributed by atoms with Gasteiger partial charge in [0.2, 0.25) is 0 Å². The first-order valence-electron chi connectivity index (χ1n) is 8.25. The minimum atomic E-state index is -0.569. The number of carbonyl (C=O) groups is 2. The van der Waals surface area contributed by atoms with Crippen LogP contribution in [0.4, 0.5) is 4.79 Å². The van der Waals surface area contributed by atoms with E-state index in [4.69, 9.17) is 9.47 Å². The summed E-state index contributed by atoms with van der Waals surface area (Å²) in [6, 6.07) is 9.76. The van der Waals surface area contributed by atoms with E-state index in [2.05, 4.69) is 17.4 Å². The number of amides is 1. The molecular formula is C18H25NO4. The van der Waals surface area contributed by atoms with Crippen LogP contribution in [-0.2, 0) is 20.7 Å². The predicted octanol–water partition coefficient (Wildman–Crippen LogP) is 3.08. The molecule has 2 rings (SSSR count). The van der Waals surface area contributed by atoms with Gasteiger partial charge < -0.3 is 14.8 Å². The van der Waals surface area contributed by atoms with Crippen LogP contribution in [-0.4, -0.2) is 30.8 Å². The summed E-state index contributed by atoms with van der Waals surface area (Å²) in [5.74, 6) is -0.209. The Morgan fingerprint density at radius 1 is 1.22 bits per heavy atom. The lowest BCUT2D eigenvalue weighted by Crippen LogP contribution is -2.61. The van der Waals surface area contributed by atoms with E-state index in [-0.39, 0.29) is 18.0 Å². The third-order valence-corrected chi connectivity index (χ3v) is 3.95. The van der Waals surface area contributed by atoms with Gasteiger partial charge in [-0.2, -0.15) is 0 Å². The van der Waals surface area contributed by atoms with Crippen LogP contribution in [0.5, 0.6) is 0 Å². The van der Waals surface area contributed by atoms with Crippen molar-refractivity contribution in [2.75, 3.05) is 6.61 Å². The Morgan fingerprint density at radius 3 is 2.61 bits per heavy atom. The number of hydrogen-bond acceptors (Lipinski definition) is 4. The molecule has 2 unspecified atom stereocenters. The fourth-order valence-electron chi connectivity index (χ4n) is 2.59. The molecule has 1 amide bonds. The summed E-state index contributed by atoms with van der Waals surface area (Å²) in [6.45, 7) is 4.27. The van der Waals surface area contributed by atoms with Crippen molar-refractivity contribution in [3.05, 3.63) is 35.9 Å². The van der Waals surface area contributed by atoms with Crippen LogP contribution in [0.15, 0.2) is 30.3 Å². The zero-order valence-electron chi connectivity index (χ0n) is 13.8. The highest BCUT2D eigenvalue weighted by atomic mass is 16.6. The van der Waals surface area contributed by atoms with E-state index < -0.39 is 12.1 Å². The fraction of sp³-hybridized carbons (Fsp3) is 0.556. The molecule has 0 bridgehead atoms. The van der Waals surface area contributed by atoms with E-state index in [0.29, 0.717) is 6.61 Å². The van der Waals surface area contributed by atoms with Crippen LogP contribution in [0.25, 0.3) is 0 Å². The van der Waals surface area contributed by atoms with E-state index >= 15 is 0 Å². The van der Waals surface area contributed by atoms with Crippen molar-refractivity contribution < 1.29 is 19.1 Å². The molecule has 23 heavy (non-hydrogen) atoms. The Morgan fingerprint density at radius 2 is 1.96 bits per heavy atom. The molecule has 5 nitrogen and oxygen atoms in total. The Labute approximate surface area is 137 Å². The molecule has 1 aromatic rings. The average Bonchev–Trinajstić information content (AvgIpc) is 2.54. The number of unbranched alkanes of at least 4 members (excludes halogenated alkanes) is 2. The minimum absolute atomic E-state index is 0.177. The van der Waals surface area contributed by atoms with Crippen LogP contribution in [0, 0.1) is 5.92 Å². The molecule has 126 valence electrons. The Kier molecular flexibility index (Phi) is 6.44. The van der Waals surface area contributed by atoms with Crippen molar-refractivity contribution in [1.29, 1.82) is 0 Å². The lowest BCUT2D eigenvalue weighted by molar-refractivity contribution is -0.181. The molecular weight excluding hydrogens is 294 g/mol. The summed E-state index contributed by atoms with van der Waals surface area (Å²) < 4.78 is 10.1. The maximum atomic E-state index is 11.7. The molecule has 1 aliphatic rings. The highest BCUT2D eigenvalue weighted by Gasteiger charge is 2.45. The van der Waals surface area contributed by atoms with E-state index in [9.17, 15) is 9.59 Å². The summed E-state index contributed by atoms with van der Waals surface area (Å²) >= 11 is 0. The van der Waals surface area contributed by atoms with Crippen molar-refractivity contribution in [2.24, 2.45) is 5.92 Å². The number of rotatable bonds is 8. The number of benzene rings is 1. The summed E-state index contributed by atoms with van der Waals surface area (Å²) in [4.78, 5) is 23.0. The van der Waals surface area contributed by atoms with Crippen molar-refractivity contribution in [1.82, 2.24) is 5.32 Å². The number of nitrogens with one attached hydrogen (secondary N) is 1. The third-order valence-electron chi connectivity index (χ3n) is 3.95. The largest absolute Gasteiger partial charge is 0.458 e. The van der Waals surface area contributed by atoms with Crippen molar-refractivity contribution in [3.63, 3.8) is 0 Å². The van der Waals surface area contributed by atoms with Gasteiger partial charge in [-0.15, -0.1) is 0 Å². The predicted molar refractivity (Wildman–Crippen MR) is 87.0 cm³/mol. The maximum absolute atomic E-state index is 11.7. The molecule has 1 N–H and O–H groups in total. The van der Waals surface area contributed by atoms with E-state index in [0.717, 1.165) is 25.7 Å². The molecule has 1 aromatic carbocycles. The van der Waals surface area contributed by atoms with Crippen molar-refractivity contribution in [3.8, 4) is 0 Å². The number of hydrogen-bond donors (Lipinski definition) is 1. The molecule has 0 aliphatic carbocycles. The van der Waals surface area contributed by atoms with Crippen LogP contribution in [0.3, 0.4) is 0 Å². The second-order valence-electron chi connectivity index (χ2n) is 6.20. The maximum Gasteiger partial charge on any atom is 0.407 e. The van der Waals surface area contributed by atoms with E-state index in [1.807, 2.05) is 32.0 Å². The van der Waals surface area contributed by atoms with Gasteiger partial charge in [-0.05, 0) is 37.2 Å². The second-order valence-corrected chi connectivity index (χ2v) is 6.20. The van der Waals surface area contributed by atoms with Gasteiger partial charge in [0.15, 0.2) is 6.04 Å². The van der Waals surface area contributed by atoms with E-state index in [1.165, 1.54) is 5.56 Å². The highest BCUT2D eigenvalue weighted by Crippen LogP contribution is 2.22. The summed E-state index contributed by atoms with van der Waals surface area (Å²) in [7, 11) is 0. The number of esters is 1. The van der Waals surface area contributed by atoms with Gasteiger partial charge in [0, 0.05) is 0 Å². The van der Waals surface area contributed by atoms with Crippen LogP contribution >= 0.6 is 0 Å². The summed E-state index contributed by atoms with van der Waals surface area (Å²) in [5.41, 5.74) is 1.33. The van der Waals surface area contributed by atoms with Crippen molar-refractivity contribution in [2.45, 2.75) is 51.7 Å². The molecule has 5 heteroatoms. The second kappa shape index (κ2) is 8.56. The number of alkyl carbamates (subject to hydrolysis) is 1. The van der Waals surface area contributed by atoms with Gasteiger partial charge in [0.05, 0.1) is 6.61 Å². The normalized spacial score (nSPS) is 19.9. The standard InChI is InChI=1S/C18H25NO4/c1-13(2)16-15(17(20)23-16)19-18(21)22-12-8-4-7-11-14-9-5-3-6-10-14/h3,5-6,9-10,13,15-16H,4,7-8,11-12H2,1-2H3,(H,19,21). The zero-order valence-corrected chi connectivity index (χ0v) is 13.8. The van der Waals surface area contributed by atoms with Gasteiger partial charge in [-0.3, -0.25) is 0 Å². The first kappa shape index (κ1) is 17.3. The van der Waals surface area contributed by atoms with Gasteiger partial charge in [-0.25, -0.2) is 9.59 Å². The van der Waals surface area contributed by atoms with Gasteiger partial charge >= 0.3 is 12.1 Å². The molecule has 0 saturated carbocycles. The zero-order chi connectivity index (χ0) is 16.7. The number of aryl methyl sites for hydroxylation is 1. The van der Waals surface area contributed by atoms with Crippen LogP contribution in [0.2, 0.25) is 0 Å². The highest BCUT2D eigenvalue weighted by molar-refractivity contribution is 5.86. The fourth-order valence-corrected chi connectivity index (χ4v) is 2.59. The molecule has 0 spiro atoms. The average molecular weight is 319 g/mol. The van der Waals surface area contributed by atoms with Gasteiger partial charge in [-0.1, -0.05) is 44.2 Å². The first-order chi connectivity index (χ1) is 11.1. The monoisotopic (exact) mass is 319 g/mol. The molecule has 1 saturated heterocycles. The van der Waals surface area contributed by atoms with Crippen molar-refractivity contribution >= 4 is 12.1 Å². The molecule has 1 heterocycles. The Balaban J connectivity index is 1.54. The molecule has 0 radical (unpaired) electrons. The van der Waals surface area contributed by atoms with Gasteiger partial charge in [0.25, 0.3) is 0 Å². The minimum Gasteiger partial charge on any atom is -0.458 e. The third kappa shape index (κ3) is 5.27. The lowest BCUT2D eigenvalue weighted by atomic mass is 9.95. The molecule has 2 atom stereocenters. The number of carbonyl (C=O) groups excluding carboxylic acids is 2. The Hall–Kier alpha value is -2.04.